The Hall–Kier alpha value is -3.37. The lowest BCUT2D eigenvalue weighted by atomic mass is 10.3. The standard InChI is InChI=1S/C26H32ClF2N5O7S.C2H6/c1-3-40-26(37)33-11-9-32(10-12-33)17-24(36)31(2)8-13-34(16-23(35)30-38)42(39)20-14-21(28)25(22(29)15-20)41-19-6-4-18(27)5-7-19;1-2/h4-7,14-15,38H,3,8-13,16-17H2,1-2H3,(H,30,35);1-2H3. The second-order valence-corrected chi connectivity index (χ2v) is 11.1. The van der Waals surface area contributed by atoms with E-state index in [0.717, 1.165) is 16.4 Å². The highest BCUT2D eigenvalue weighted by Crippen LogP contribution is 2.30. The largest absolute Gasteiger partial charge is 0.451 e. The third-order valence-corrected chi connectivity index (χ3v) is 7.93. The van der Waals surface area contributed by atoms with Gasteiger partial charge in [-0.2, -0.15) is 0 Å². The summed E-state index contributed by atoms with van der Waals surface area (Å²) in [5, 5.41) is 9.38. The molecule has 12 nitrogen and oxygen atoms in total. The summed E-state index contributed by atoms with van der Waals surface area (Å²) in [5.41, 5.74) is 1.43. The SMILES string of the molecule is CC.CCOC(=O)N1CCN(CC(=O)N(C)CCN(CC(=O)NO)S(=O)c2cc(F)c(Oc3ccc(Cl)cc3)c(F)c2)CC1. The monoisotopic (exact) mass is 661 g/mol. The molecule has 0 saturated carbocycles. The van der Waals surface area contributed by atoms with Gasteiger partial charge in [-0.25, -0.2) is 27.6 Å². The molecule has 1 atom stereocenters. The zero-order valence-electron chi connectivity index (χ0n) is 25.1. The van der Waals surface area contributed by atoms with Crippen molar-refractivity contribution in [1.29, 1.82) is 0 Å². The summed E-state index contributed by atoms with van der Waals surface area (Å²) in [6.07, 6.45) is -0.399. The Morgan fingerprint density at radius 3 is 2.18 bits per heavy atom. The van der Waals surface area contributed by atoms with Gasteiger partial charge in [0.2, 0.25) is 5.91 Å². The van der Waals surface area contributed by atoms with Crippen LogP contribution in [-0.4, -0.2) is 112 Å². The van der Waals surface area contributed by atoms with Gasteiger partial charge in [-0.05, 0) is 43.3 Å². The minimum Gasteiger partial charge on any atom is -0.451 e. The number of halogens is 3. The van der Waals surface area contributed by atoms with Crippen LogP contribution in [0.2, 0.25) is 5.02 Å². The van der Waals surface area contributed by atoms with Gasteiger partial charge in [0.15, 0.2) is 17.4 Å². The number of hydrogen-bond acceptors (Lipinski definition) is 8. The number of carbonyl (C=O) groups is 3. The molecule has 1 fully saturated rings. The summed E-state index contributed by atoms with van der Waals surface area (Å²) in [6, 6.07) is 7.44. The van der Waals surface area contributed by atoms with Crippen LogP contribution in [0.25, 0.3) is 0 Å². The third kappa shape index (κ3) is 11.0. The minimum atomic E-state index is -2.26. The van der Waals surface area contributed by atoms with Crippen molar-refractivity contribution in [3.63, 3.8) is 0 Å². The number of nitrogens with one attached hydrogen (secondary N) is 1. The molecule has 2 aromatic rings. The Labute approximate surface area is 263 Å². The number of nitrogens with zero attached hydrogens (tertiary/aromatic N) is 4. The van der Waals surface area contributed by atoms with E-state index in [-0.39, 0.29) is 42.8 Å². The number of rotatable bonds is 12. The van der Waals surface area contributed by atoms with Gasteiger partial charge in [0, 0.05) is 51.3 Å². The van der Waals surface area contributed by atoms with Gasteiger partial charge >= 0.3 is 6.09 Å². The maximum absolute atomic E-state index is 14.8. The van der Waals surface area contributed by atoms with Crippen LogP contribution in [0.1, 0.15) is 20.8 Å². The van der Waals surface area contributed by atoms with Crippen LogP contribution in [-0.2, 0) is 25.3 Å². The minimum absolute atomic E-state index is 0.00873. The molecule has 244 valence electrons. The van der Waals surface area contributed by atoms with Crippen LogP contribution in [0.4, 0.5) is 13.6 Å². The maximum Gasteiger partial charge on any atom is 0.409 e. The number of piperazine rings is 1. The van der Waals surface area contributed by atoms with Crippen molar-refractivity contribution >= 4 is 40.5 Å². The van der Waals surface area contributed by atoms with Gasteiger partial charge in [0.05, 0.1) is 24.6 Å². The number of benzene rings is 2. The Balaban J connectivity index is 0.00000330. The van der Waals surface area contributed by atoms with E-state index in [1.807, 2.05) is 18.7 Å². The number of ether oxygens (including phenoxy) is 2. The molecule has 0 aliphatic carbocycles. The highest BCUT2D eigenvalue weighted by molar-refractivity contribution is 7.82. The van der Waals surface area contributed by atoms with Gasteiger partial charge in [-0.15, -0.1) is 0 Å². The molecule has 0 aromatic heterocycles. The van der Waals surface area contributed by atoms with E-state index in [0.29, 0.717) is 31.2 Å². The van der Waals surface area contributed by atoms with Crippen molar-refractivity contribution in [3.05, 3.63) is 53.1 Å². The van der Waals surface area contributed by atoms with Crippen molar-refractivity contribution in [2.24, 2.45) is 0 Å². The Kier molecular flexibility index (Phi) is 15.4. The van der Waals surface area contributed by atoms with Crippen LogP contribution in [0.3, 0.4) is 0 Å². The van der Waals surface area contributed by atoms with Crippen LogP contribution < -0.4 is 10.2 Å². The lowest BCUT2D eigenvalue weighted by molar-refractivity contribution is -0.131. The van der Waals surface area contributed by atoms with Crippen molar-refractivity contribution in [3.8, 4) is 11.5 Å². The first kappa shape index (κ1) is 36.8. The summed E-state index contributed by atoms with van der Waals surface area (Å²) >= 11 is 5.81. The van der Waals surface area contributed by atoms with Gasteiger partial charge in [0.25, 0.3) is 5.91 Å². The Morgan fingerprint density at radius 1 is 1.05 bits per heavy atom. The van der Waals surface area contributed by atoms with Gasteiger partial charge in [0.1, 0.15) is 16.7 Å². The first-order valence-corrected chi connectivity index (χ1v) is 15.4. The molecule has 3 amide bonds. The van der Waals surface area contributed by atoms with Crippen molar-refractivity contribution in [1.82, 2.24) is 24.5 Å². The van der Waals surface area contributed by atoms with Gasteiger partial charge in [-0.3, -0.25) is 19.7 Å². The normalized spacial score (nSPS) is 13.9. The molecule has 1 heterocycles. The van der Waals surface area contributed by atoms with E-state index in [2.05, 4.69) is 0 Å². The van der Waals surface area contributed by atoms with E-state index >= 15 is 0 Å². The van der Waals surface area contributed by atoms with E-state index in [4.69, 9.17) is 26.3 Å². The van der Waals surface area contributed by atoms with Gasteiger partial charge in [-0.1, -0.05) is 25.4 Å². The molecule has 1 unspecified atom stereocenters. The molecule has 0 radical (unpaired) electrons. The molecule has 3 rings (SSSR count). The summed E-state index contributed by atoms with van der Waals surface area (Å²) in [7, 11) is -0.737. The quantitative estimate of drug-likeness (QED) is 0.261. The molecule has 1 aliphatic rings. The fourth-order valence-electron chi connectivity index (χ4n) is 3.92. The lowest BCUT2D eigenvalue weighted by Crippen LogP contribution is -2.51. The molecule has 1 aliphatic heterocycles. The van der Waals surface area contributed by atoms with E-state index in [1.165, 1.54) is 41.7 Å². The maximum atomic E-state index is 14.8. The molecular weight excluding hydrogens is 624 g/mol. The summed E-state index contributed by atoms with van der Waals surface area (Å²) in [5.74, 6) is -4.03. The first-order chi connectivity index (χ1) is 21.0. The zero-order chi connectivity index (χ0) is 32.8. The van der Waals surface area contributed by atoms with E-state index in [9.17, 15) is 27.4 Å². The van der Waals surface area contributed by atoms with Crippen LogP contribution in [0.5, 0.6) is 11.5 Å². The highest BCUT2D eigenvalue weighted by atomic mass is 35.5. The van der Waals surface area contributed by atoms with Crippen LogP contribution in [0, 0.1) is 11.6 Å². The molecule has 2 N–H and O–H groups in total. The molecule has 0 spiro atoms. The molecule has 2 aromatic carbocycles. The summed E-state index contributed by atoms with van der Waals surface area (Å²) < 4.78 is 54.3. The van der Waals surface area contributed by atoms with Crippen molar-refractivity contribution in [2.45, 2.75) is 25.7 Å². The topological polar surface area (TPSA) is 132 Å². The third-order valence-electron chi connectivity index (χ3n) is 6.25. The number of hydrogen-bond donors (Lipinski definition) is 2. The Bertz CT molecular complexity index is 1260. The first-order valence-electron chi connectivity index (χ1n) is 13.9. The average molecular weight is 662 g/mol. The summed E-state index contributed by atoms with van der Waals surface area (Å²) in [6.45, 7) is 7.12. The molecule has 0 bridgehead atoms. The van der Waals surface area contributed by atoms with E-state index in [1.54, 1.807) is 11.8 Å². The smallest absolute Gasteiger partial charge is 0.409 e. The number of carbonyl (C=O) groups excluding carboxylic acids is 3. The molecule has 1 saturated heterocycles. The van der Waals surface area contributed by atoms with Crippen molar-refractivity contribution in [2.75, 3.05) is 66.0 Å². The molecule has 44 heavy (non-hydrogen) atoms. The number of amides is 3. The zero-order valence-corrected chi connectivity index (χ0v) is 26.6. The lowest BCUT2D eigenvalue weighted by Gasteiger charge is -2.34. The number of hydroxylamine groups is 1. The predicted molar refractivity (Wildman–Crippen MR) is 160 cm³/mol. The fraction of sp³-hybridized carbons (Fsp3) is 0.464. The second kappa shape index (κ2) is 18.4. The van der Waals surface area contributed by atoms with Gasteiger partial charge < -0.3 is 19.3 Å². The predicted octanol–water partition coefficient (Wildman–Crippen LogP) is 3.50. The fourth-order valence-corrected chi connectivity index (χ4v) is 5.24. The average Bonchev–Trinajstić information content (AvgIpc) is 3.02. The van der Waals surface area contributed by atoms with E-state index < -0.39 is 46.9 Å². The second-order valence-electron chi connectivity index (χ2n) is 9.20. The highest BCUT2D eigenvalue weighted by Gasteiger charge is 2.26. The van der Waals surface area contributed by atoms with Crippen LogP contribution >= 0.6 is 11.6 Å². The molecular formula is C28H38ClF2N5O7S. The van der Waals surface area contributed by atoms with Crippen molar-refractivity contribution < 1.29 is 42.1 Å². The van der Waals surface area contributed by atoms with Crippen LogP contribution in [0.15, 0.2) is 41.3 Å². The number of likely N-dealkylation sites (N-methyl/N-ethyl adjacent to an activating group) is 1. The molecule has 16 heteroatoms. The Morgan fingerprint density at radius 2 is 1.64 bits per heavy atom. The summed E-state index contributed by atoms with van der Waals surface area (Å²) in [4.78, 5) is 41.1.